The Bertz CT molecular complexity index is 799. The van der Waals surface area contributed by atoms with E-state index in [1.165, 1.54) is 0 Å². The summed E-state index contributed by atoms with van der Waals surface area (Å²) in [6.07, 6.45) is 3.08. The Kier molecular flexibility index (Phi) is 4.51. The summed E-state index contributed by atoms with van der Waals surface area (Å²) in [5, 5.41) is 3.36. The van der Waals surface area contributed by atoms with Crippen molar-refractivity contribution in [1.82, 2.24) is 19.8 Å². The molecule has 2 aliphatic rings. The molecule has 7 heteroatoms. The molecule has 1 saturated heterocycles. The van der Waals surface area contributed by atoms with E-state index in [0.717, 1.165) is 24.8 Å². The molecule has 2 amide bonds. The Balaban J connectivity index is 1.61. The van der Waals surface area contributed by atoms with Crippen molar-refractivity contribution >= 4 is 18.1 Å². The lowest BCUT2D eigenvalue weighted by atomic mass is 10.2. The lowest BCUT2D eigenvalue weighted by Crippen LogP contribution is -2.48. The molecule has 4 rings (SSSR count). The molecule has 1 saturated carbocycles. The van der Waals surface area contributed by atoms with Crippen LogP contribution in [0.1, 0.15) is 23.3 Å². The van der Waals surface area contributed by atoms with Crippen molar-refractivity contribution in [1.29, 1.82) is 0 Å². The highest BCUT2D eigenvalue weighted by Crippen LogP contribution is 2.26. The number of hydrogen-bond donors (Lipinski definition) is 1. The number of aromatic nitrogens is 2. The highest BCUT2D eigenvalue weighted by Gasteiger charge is 2.25. The third-order valence-corrected chi connectivity index (χ3v) is 4.66. The summed E-state index contributed by atoms with van der Waals surface area (Å²) >= 11 is 0. The molecule has 1 aliphatic heterocycles. The van der Waals surface area contributed by atoms with Gasteiger partial charge in [0.15, 0.2) is 5.82 Å². The van der Waals surface area contributed by atoms with Gasteiger partial charge in [-0.15, -0.1) is 0 Å². The van der Waals surface area contributed by atoms with Gasteiger partial charge >= 0.3 is 0 Å². The topological polar surface area (TPSA) is 78.4 Å². The van der Waals surface area contributed by atoms with Gasteiger partial charge in [0.25, 0.3) is 5.91 Å². The van der Waals surface area contributed by atoms with Crippen LogP contribution in [-0.4, -0.2) is 64.3 Å². The number of rotatable bonds is 5. The van der Waals surface area contributed by atoms with Crippen LogP contribution in [0.2, 0.25) is 0 Å². The highest BCUT2D eigenvalue weighted by atomic mass is 16.2. The molecule has 1 aromatic heterocycles. The van der Waals surface area contributed by atoms with Gasteiger partial charge in [-0.1, -0.05) is 30.3 Å². The zero-order chi connectivity index (χ0) is 17.9. The second-order valence-corrected chi connectivity index (χ2v) is 6.68. The lowest BCUT2D eigenvalue weighted by Gasteiger charge is -2.32. The standard InChI is InChI=1S/C19H21N5O2/c25-13-23-8-10-24(11-9-23)19(26)16-12-17(20-15-6-7-15)22-18(21-16)14-4-2-1-3-5-14/h1-5,12-13,15H,6-11H2,(H,20,21,22). The lowest BCUT2D eigenvalue weighted by molar-refractivity contribution is -0.119. The Hall–Kier alpha value is -2.96. The van der Waals surface area contributed by atoms with E-state index in [9.17, 15) is 9.59 Å². The van der Waals surface area contributed by atoms with Crippen LogP contribution < -0.4 is 5.32 Å². The molecule has 1 aromatic carbocycles. The number of benzene rings is 1. The van der Waals surface area contributed by atoms with Crippen LogP contribution in [0.25, 0.3) is 11.4 Å². The molecule has 2 heterocycles. The molecule has 7 nitrogen and oxygen atoms in total. The first-order valence-corrected chi connectivity index (χ1v) is 8.92. The zero-order valence-electron chi connectivity index (χ0n) is 14.5. The van der Waals surface area contributed by atoms with Crippen LogP contribution in [0.15, 0.2) is 36.4 Å². The van der Waals surface area contributed by atoms with Gasteiger partial charge in [-0.25, -0.2) is 9.97 Å². The summed E-state index contributed by atoms with van der Waals surface area (Å²) in [6.45, 7) is 2.15. The minimum absolute atomic E-state index is 0.117. The van der Waals surface area contributed by atoms with Crippen molar-refractivity contribution in [3.63, 3.8) is 0 Å². The van der Waals surface area contributed by atoms with Crippen molar-refractivity contribution in [2.75, 3.05) is 31.5 Å². The maximum absolute atomic E-state index is 12.9. The Labute approximate surface area is 152 Å². The molecule has 134 valence electrons. The van der Waals surface area contributed by atoms with E-state index in [2.05, 4.69) is 15.3 Å². The van der Waals surface area contributed by atoms with E-state index in [0.29, 0.717) is 49.6 Å². The number of hydrogen-bond acceptors (Lipinski definition) is 5. The van der Waals surface area contributed by atoms with Crippen LogP contribution in [0, 0.1) is 0 Å². The average molecular weight is 351 g/mol. The minimum Gasteiger partial charge on any atom is -0.367 e. The molecule has 0 spiro atoms. The molecule has 0 bridgehead atoms. The smallest absolute Gasteiger partial charge is 0.272 e. The third kappa shape index (κ3) is 3.66. The third-order valence-electron chi connectivity index (χ3n) is 4.66. The molecular weight excluding hydrogens is 330 g/mol. The Morgan fingerprint density at radius 1 is 1.08 bits per heavy atom. The number of nitrogens with zero attached hydrogens (tertiary/aromatic N) is 4. The van der Waals surface area contributed by atoms with Crippen LogP contribution in [-0.2, 0) is 4.79 Å². The van der Waals surface area contributed by atoms with Gasteiger partial charge in [-0.2, -0.15) is 0 Å². The summed E-state index contributed by atoms with van der Waals surface area (Å²) in [7, 11) is 0. The molecule has 2 aromatic rings. The van der Waals surface area contributed by atoms with Gasteiger partial charge in [0.2, 0.25) is 6.41 Å². The summed E-state index contributed by atoms with van der Waals surface area (Å²) in [5.74, 6) is 1.12. The number of nitrogens with one attached hydrogen (secondary N) is 1. The monoisotopic (exact) mass is 351 g/mol. The van der Waals surface area contributed by atoms with Gasteiger partial charge in [0.1, 0.15) is 11.5 Å². The first kappa shape index (κ1) is 16.5. The molecule has 1 aliphatic carbocycles. The van der Waals surface area contributed by atoms with E-state index >= 15 is 0 Å². The SMILES string of the molecule is O=CN1CCN(C(=O)c2cc(NC3CC3)nc(-c3ccccc3)n2)CC1. The zero-order valence-corrected chi connectivity index (χ0v) is 14.5. The van der Waals surface area contributed by atoms with Crippen LogP contribution in [0.4, 0.5) is 5.82 Å². The van der Waals surface area contributed by atoms with Gasteiger partial charge in [-0.3, -0.25) is 9.59 Å². The largest absolute Gasteiger partial charge is 0.367 e. The van der Waals surface area contributed by atoms with Crippen LogP contribution in [0.5, 0.6) is 0 Å². The van der Waals surface area contributed by atoms with Crippen molar-refractivity contribution in [2.45, 2.75) is 18.9 Å². The number of anilines is 1. The van der Waals surface area contributed by atoms with Crippen LogP contribution >= 0.6 is 0 Å². The van der Waals surface area contributed by atoms with Gasteiger partial charge in [0, 0.05) is 43.9 Å². The van der Waals surface area contributed by atoms with E-state index in [4.69, 9.17) is 0 Å². The maximum Gasteiger partial charge on any atom is 0.272 e. The second-order valence-electron chi connectivity index (χ2n) is 6.68. The van der Waals surface area contributed by atoms with Crippen LogP contribution in [0.3, 0.4) is 0 Å². The average Bonchev–Trinajstić information content (AvgIpc) is 3.52. The van der Waals surface area contributed by atoms with Crippen molar-refractivity contribution in [2.24, 2.45) is 0 Å². The van der Waals surface area contributed by atoms with Crippen molar-refractivity contribution < 1.29 is 9.59 Å². The summed E-state index contributed by atoms with van der Waals surface area (Å²) < 4.78 is 0. The predicted molar refractivity (Wildman–Crippen MR) is 97.7 cm³/mol. The summed E-state index contributed by atoms with van der Waals surface area (Å²) in [4.78, 5) is 36.3. The maximum atomic E-state index is 12.9. The molecule has 2 fully saturated rings. The first-order chi connectivity index (χ1) is 12.7. The van der Waals surface area contributed by atoms with E-state index in [1.807, 2.05) is 30.3 Å². The second kappa shape index (κ2) is 7.11. The molecule has 1 N–H and O–H groups in total. The van der Waals surface area contributed by atoms with Crippen molar-refractivity contribution in [3.8, 4) is 11.4 Å². The highest BCUT2D eigenvalue weighted by molar-refractivity contribution is 5.93. The van der Waals surface area contributed by atoms with Crippen molar-refractivity contribution in [3.05, 3.63) is 42.1 Å². The fourth-order valence-electron chi connectivity index (χ4n) is 2.98. The fraction of sp³-hybridized carbons (Fsp3) is 0.368. The number of carbonyl (C=O) groups excluding carboxylic acids is 2. The molecule has 0 radical (unpaired) electrons. The number of carbonyl (C=O) groups is 2. The number of piperazine rings is 1. The molecule has 26 heavy (non-hydrogen) atoms. The van der Waals surface area contributed by atoms with E-state index < -0.39 is 0 Å². The minimum atomic E-state index is -0.117. The number of amides is 2. The van der Waals surface area contributed by atoms with Gasteiger partial charge in [-0.05, 0) is 12.8 Å². The van der Waals surface area contributed by atoms with Gasteiger partial charge < -0.3 is 15.1 Å². The Morgan fingerprint density at radius 3 is 2.46 bits per heavy atom. The normalized spacial score (nSPS) is 17.1. The summed E-state index contributed by atoms with van der Waals surface area (Å²) in [6, 6.07) is 11.8. The molecule has 0 atom stereocenters. The molecule has 0 unspecified atom stereocenters. The first-order valence-electron chi connectivity index (χ1n) is 8.92. The van der Waals surface area contributed by atoms with E-state index in [-0.39, 0.29) is 5.91 Å². The van der Waals surface area contributed by atoms with Gasteiger partial charge in [0.05, 0.1) is 0 Å². The molecular formula is C19H21N5O2. The fourth-order valence-corrected chi connectivity index (χ4v) is 2.98. The quantitative estimate of drug-likeness (QED) is 0.829. The predicted octanol–water partition coefficient (Wildman–Crippen LogP) is 1.63. The Morgan fingerprint density at radius 2 is 1.81 bits per heavy atom. The van der Waals surface area contributed by atoms with E-state index in [1.54, 1.807) is 15.9 Å². The summed E-state index contributed by atoms with van der Waals surface area (Å²) in [5.41, 5.74) is 1.27.